The van der Waals surface area contributed by atoms with Crippen LogP contribution in [0.2, 0.25) is 5.02 Å². The SMILES string of the molecule is COc1cc(Cl)c(C)cc1NC(=O)C(C)N1CCN(C(=O)C(C)C)CC1. The van der Waals surface area contributed by atoms with Gasteiger partial charge < -0.3 is 15.0 Å². The van der Waals surface area contributed by atoms with Gasteiger partial charge in [0.25, 0.3) is 0 Å². The minimum absolute atomic E-state index is 0.00267. The highest BCUT2D eigenvalue weighted by Crippen LogP contribution is 2.31. The Kier molecular flexibility index (Phi) is 6.89. The number of carbonyl (C=O) groups is 2. The number of rotatable bonds is 5. The molecule has 1 saturated heterocycles. The molecule has 1 N–H and O–H groups in total. The van der Waals surface area contributed by atoms with Crippen LogP contribution < -0.4 is 10.1 Å². The summed E-state index contributed by atoms with van der Waals surface area (Å²) in [7, 11) is 1.55. The van der Waals surface area contributed by atoms with Gasteiger partial charge in [0.15, 0.2) is 0 Å². The molecule has 1 aliphatic rings. The highest BCUT2D eigenvalue weighted by atomic mass is 35.5. The molecule has 0 saturated carbocycles. The number of methoxy groups -OCH3 is 1. The summed E-state index contributed by atoms with van der Waals surface area (Å²) >= 11 is 6.11. The van der Waals surface area contributed by atoms with Crippen molar-refractivity contribution in [2.45, 2.75) is 33.7 Å². The van der Waals surface area contributed by atoms with Gasteiger partial charge in [0.1, 0.15) is 5.75 Å². The zero-order chi connectivity index (χ0) is 19.4. The van der Waals surface area contributed by atoms with Crippen LogP contribution in [0.4, 0.5) is 5.69 Å². The number of halogens is 1. The van der Waals surface area contributed by atoms with Crippen LogP contribution in [0.1, 0.15) is 26.3 Å². The molecule has 0 bridgehead atoms. The van der Waals surface area contributed by atoms with Gasteiger partial charge in [-0.3, -0.25) is 14.5 Å². The zero-order valence-electron chi connectivity index (χ0n) is 16.1. The van der Waals surface area contributed by atoms with E-state index in [0.29, 0.717) is 42.6 Å². The summed E-state index contributed by atoms with van der Waals surface area (Å²) < 4.78 is 5.31. The van der Waals surface area contributed by atoms with Crippen LogP contribution in [0.25, 0.3) is 0 Å². The number of anilines is 1. The van der Waals surface area contributed by atoms with Gasteiger partial charge in [-0.1, -0.05) is 25.4 Å². The fraction of sp³-hybridized carbons (Fsp3) is 0.579. The first-order valence-corrected chi connectivity index (χ1v) is 9.30. The van der Waals surface area contributed by atoms with E-state index in [1.165, 1.54) is 0 Å². The molecule has 2 rings (SSSR count). The molecule has 1 unspecified atom stereocenters. The average Bonchev–Trinajstić information content (AvgIpc) is 2.63. The van der Waals surface area contributed by atoms with Crippen molar-refractivity contribution in [1.29, 1.82) is 0 Å². The fourth-order valence-electron chi connectivity index (χ4n) is 3.03. The first kappa shape index (κ1) is 20.5. The second kappa shape index (κ2) is 8.73. The van der Waals surface area contributed by atoms with E-state index in [-0.39, 0.29) is 23.8 Å². The van der Waals surface area contributed by atoms with Gasteiger partial charge in [0.05, 0.1) is 18.8 Å². The maximum Gasteiger partial charge on any atom is 0.241 e. The third-order valence-corrected chi connectivity index (χ3v) is 5.19. The van der Waals surface area contributed by atoms with Crippen molar-refractivity contribution in [1.82, 2.24) is 9.80 Å². The first-order valence-electron chi connectivity index (χ1n) is 8.92. The number of benzene rings is 1. The summed E-state index contributed by atoms with van der Waals surface area (Å²) in [6, 6.07) is 3.21. The Morgan fingerprint density at radius 2 is 1.77 bits per heavy atom. The second-order valence-electron chi connectivity index (χ2n) is 6.98. The zero-order valence-corrected chi connectivity index (χ0v) is 16.9. The van der Waals surface area contributed by atoms with Crippen LogP contribution in [0.15, 0.2) is 12.1 Å². The number of ether oxygens (including phenoxy) is 1. The van der Waals surface area contributed by atoms with Crippen LogP contribution in [0, 0.1) is 12.8 Å². The van der Waals surface area contributed by atoms with Crippen molar-refractivity contribution in [2.24, 2.45) is 5.92 Å². The number of hydrogen-bond donors (Lipinski definition) is 1. The Morgan fingerprint density at radius 3 is 2.31 bits per heavy atom. The summed E-state index contributed by atoms with van der Waals surface area (Å²) in [5.74, 6) is 0.605. The number of amides is 2. The molecule has 1 heterocycles. The molecule has 26 heavy (non-hydrogen) atoms. The van der Waals surface area contributed by atoms with E-state index < -0.39 is 0 Å². The maximum absolute atomic E-state index is 12.7. The summed E-state index contributed by atoms with van der Waals surface area (Å²) in [5.41, 5.74) is 1.48. The summed E-state index contributed by atoms with van der Waals surface area (Å²) in [6.45, 7) is 10.2. The molecule has 0 spiro atoms. The number of piperazine rings is 1. The van der Waals surface area contributed by atoms with Gasteiger partial charge in [-0.25, -0.2) is 0 Å². The highest BCUT2D eigenvalue weighted by molar-refractivity contribution is 6.31. The van der Waals surface area contributed by atoms with E-state index >= 15 is 0 Å². The quantitative estimate of drug-likeness (QED) is 0.851. The van der Waals surface area contributed by atoms with Crippen molar-refractivity contribution < 1.29 is 14.3 Å². The van der Waals surface area contributed by atoms with Crippen LogP contribution in [0.3, 0.4) is 0 Å². The third-order valence-electron chi connectivity index (χ3n) is 4.79. The Balaban J connectivity index is 1.99. The third kappa shape index (κ3) is 4.68. The lowest BCUT2D eigenvalue weighted by atomic mass is 10.1. The predicted molar refractivity (Wildman–Crippen MR) is 104 cm³/mol. The molecule has 1 aliphatic heterocycles. The van der Waals surface area contributed by atoms with Crippen molar-refractivity contribution in [3.05, 3.63) is 22.7 Å². The van der Waals surface area contributed by atoms with E-state index in [1.54, 1.807) is 13.2 Å². The van der Waals surface area contributed by atoms with Gasteiger partial charge in [0.2, 0.25) is 11.8 Å². The molecule has 144 valence electrons. The van der Waals surface area contributed by atoms with Crippen molar-refractivity contribution >= 4 is 29.1 Å². The largest absolute Gasteiger partial charge is 0.495 e. The summed E-state index contributed by atoms with van der Waals surface area (Å²) in [6.07, 6.45) is 0. The van der Waals surface area contributed by atoms with Crippen LogP contribution in [-0.4, -0.2) is 60.9 Å². The minimum Gasteiger partial charge on any atom is -0.495 e. The summed E-state index contributed by atoms with van der Waals surface area (Å²) in [4.78, 5) is 28.7. The Morgan fingerprint density at radius 1 is 1.15 bits per heavy atom. The maximum atomic E-state index is 12.7. The van der Waals surface area contributed by atoms with E-state index in [2.05, 4.69) is 10.2 Å². The predicted octanol–water partition coefficient (Wildman–Crippen LogP) is 2.78. The van der Waals surface area contributed by atoms with E-state index in [1.807, 2.05) is 38.7 Å². The number of nitrogens with zero attached hydrogens (tertiary/aromatic N) is 2. The average molecular weight is 382 g/mol. The van der Waals surface area contributed by atoms with Crippen molar-refractivity contribution in [2.75, 3.05) is 38.6 Å². The number of carbonyl (C=O) groups excluding carboxylic acids is 2. The molecule has 1 atom stereocenters. The number of aryl methyl sites for hydroxylation is 1. The molecule has 0 radical (unpaired) electrons. The molecule has 0 aliphatic carbocycles. The second-order valence-corrected chi connectivity index (χ2v) is 7.39. The molecule has 7 heteroatoms. The van der Waals surface area contributed by atoms with E-state index in [0.717, 1.165) is 5.56 Å². The van der Waals surface area contributed by atoms with E-state index in [4.69, 9.17) is 16.3 Å². The molecule has 1 aromatic carbocycles. The summed E-state index contributed by atoms with van der Waals surface area (Å²) in [5, 5.41) is 3.53. The van der Waals surface area contributed by atoms with Gasteiger partial charge in [-0.05, 0) is 25.5 Å². The Bertz CT molecular complexity index is 670. The Hall–Kier alpha value is -1.79. The fourth-order valence-corrected chi connectivity index (χ4v) is 3.18. The van der Waals surface area contributed by atoms with Crippen molar-refractivity contribution in [3.8, 4) is 5.75 Å². The van der Waals surface area contributed by atoms with Gasteiger partial charge in [0, 0.05) is 43.2 Å². The monoisotopic (exact) mass is 381 g/mol. The molecular formula is C19H28ClN3O3. The van der Waals surface area contributed by atoms with Gasteiger partial charge in [-0.2, -0.15) is 0 Å². The Labute approximate surface area is 160 Å². The number of hydrogen-bond acceptors (Lipinski definition) is 4. The number of nitrogens with one attached hydrogen (secondary N) is 1. The standard InChI is InChI=1S/C19H28ClN3O3/c1-12(2)19(25)23-8-6-22(7-9-23)14(4)18(24)21-16-10-13(3)15(20)11-17(16)26-5/h10-12,14H,6-9H2,1-5H3,(H,21,24). The molecule has 6 nitrogen and oxygen atoms in total. The minimum atomic E-state index is -0.299. The molecular weight excluding hydrogens is 354 g/mol. The van der Waals surface area contributed by atoms with Gasteiger partial charge in [-0.15, -0.1) is 0 Å². The lowest BCUT2D eigenvalue weighted by Crippen LogP contribution is -2.54. The first-order chi connectivity index (χ1) is 12.2. The lowest BCUT2D eigenvalue weighted by molar-refractivity contribution is -0.136. The van der Waals surface area contributed by atoms with Gasteiger partial charge >= 0.3 is 0 Å². The van der Waals surface area contributed by atoms with Crippen LogP contribution in [-0.2, 0) is 9.59 Å². The van der Waals surface area contributed by atoms with Crippen LogP contribution in [0.5, 0.6) is 5.75 Å². The highest BCUT2D eigenvalue weighted by Gasteiger charge is 2.28. The molecule has 1 aromatic rings. The smallest absolute Gasteiger partial charge is 0.241 e. The van der Waals surface area contributed by atoms with Crippen LogP contribution >= 0.6 is 11.6 Å². The molecule has 0 aromatic heterocycles. The van der Waals surface area contributed by atoms with Crippen molar-refractivity contribution in [3.63, 3.8) is 0 Å². The molecule has 2 amide bonds. The normalized spacial score (nSPS) is 16.5. The van der Waals surface area contributed by atoms with E-state index in [9.17, 15) is 9.59 Å². The topological polar surface area (TPSA) is 61.9 Å². The lowest BCUT2D eigenvalue weighted by Gasteiger charge is -2.38. The molecule has 1 fully saturated rings.